The molecule has 0 aromatic heterocycles. The van der Waals surface area contributed by atoms with E-state index in [0.29, 0.717) is 12.8 Å². The molecule has 1 N–H and O–H groups in total. The van der Waals surface area contributed by atoms with Crippen molar-refractivity contribution in [3.8, 4) is 0 Å². The van der Waals surface area contributed by atoms with Crippen LogP contribution in [0.3, 0.4) is 0 Å². The van der Waals surface area contributed by atoms with Gasteiger partial charge in [-0.15, -0.1) is 0 Å². The second-order valence-electron chi connectivity index (χ2n) is 5.82. The molecule has 0 aliphatic heterocycles. The molecule has 0 amide bonds. The molecule has 0 spiro atoms. The zero-order chi connectivity index (χ0) is 17.3. The van der Waals surface area contributed by atoms with Crippen molar-refractivity contribution in [2.75, 3.05) is 0 Å². The molecule has 0 atom stereocenters. The van der Waals surface area contributed by atoms with E-state index in [1.807, 2.05) is 12.2 Å². The molecule has 0 radical (unpaired) electrons. The van der Waals surface area contributed by atoms with Crippen molar-refractivity contribution in [1.29, 1.82) is 0 Å². The number of carboxylic acid groups (broad SMARTS) is 1. The third kappa shape index (κ3) is 15.0. The Morgan fingerprint density at radius 2 is 1.65 bits per heavy atom. The Kier molecular flexibility index (Phi) is 14.2. The Hall–Kier alpha value is -1.65. The largest absolute Gasteiger partial charge is 0.481 e. The molecular weight excluding hydrogens is 294 g/mol. The number of allylic oxidation sites excluding steroid dienone is 3. The Morgan fingerprint density at radius 1 is 1.00 bits per heavy atom. The van der Waals surface area contributed by atoms with Gasteiger partial charge < -0.3 is 5.11 Å². The summed E-state index contributed by atoms with van der Waals surface area (Å²) in [6, 6.07) is 0. The molecule has 0 aromatic rings. The van der Waals surface area contributed by atoms with E-state index >= 15 is 0 Å². The zero-order valence-corrected chi connectivity index (χ0v) is 14.3. The average molecular weight is 325 g/mol. The monoisotopic (exact) mass is 325 g/mol. The Labute approximate surface area is 139 Å². The molecule has 0 aliphatic carbocycles. The first kappa shape index (κ1) is 21.4. The predicted octanol–water partition coefficient (Wildman–Crippen LogP) is 5.49. The molecule has 0 saturated heterocycles. The first-order chi connectivity index (χ1) is 11.1. The quantitative estimate of drug-likeness (QED) is 0.187. The third-order valence-electron chi connectivity index (χ3n) is 3.68. The van der Waals surface area contributed by atoms with Gasteiger partial charge in [-0.1, -0.05) is 51.2 Å². The molecule has 0 heterocycles. The van der Waals surface area contributed by atoms with E-state index in [2.05, 4.69) is 6.92 Å². The standard InChI is InChI=1S/C18H31NO4/c1-2-3-4-5-8-11-14-17(19(22)23)15-12-9-6-7-10-13-16-18(20)21/h8,11,15H,2-7,9-10,12-14,16H2,1H3,(H,20,21)/b11-8+,17-15+. The highest BCUT2D eigenvalue weighted by atomic mass is 16.6. The Morgan fingerprint density at radius 3 is 2.30 bits per heavy atom. The second kappa shape index (κ2) is 15.3. The fourth-order valence-electron chi connectivity index (χ4n) is 2.29. The van der Waals surface area contributed by atoms with Crippen LogP contribution >= 0.6 is 0 Å². The number of hydrogen-bond acceptors (Lipinski definition) is 3. The van der Waals surface area contributed by atoms with Crippen LogP contribution in [0, 0.1) is 10.1 Å². The highest BCUT2D eigenvalue weighted by molar-refractivity contribution is 5.66. The molecule has 0 saturated carbocycles. The summed E-state index contributed by atoms with van der Waals surface area (Å²) >= 11 is 0. The molecular formula is C18H31NO4. The van der Waals surface area contributed by atoms with Gasteiger partial charge in [0.2, 0.25) is 5.70 Å². The second-order valence-corrected chi connectivity index (χ2v) is 5.82. The fourth-order valence-corrected chi connectivity index (χ4v) is 2.29. The van der Waals surface area contributed by atoms with Gasteiger partial charge in [0, 0.05) is 6.42 Å². The summed E-state index contributed by atoms with van der Waals surface area (Å²) in [5.74, 6) is -0.744. The van der Waals surface area contributed by atoms with E-state index in [9.17, 15) is 14.9 Å². The van der Waals surface area contributed by atoms with Crippen LogP contribution in [0.5, 0.6) is 0 Å². The van der Waals surface area contributed by atoms with Crippen LogP contribution in [0.2, 0.25) is 0 Å². The Balaban J connectivity index is 3.81. The van der Waals surface area contributed by atoms with Crippen molar-refractivity contribution in [1.82, 2.24) is 0 Å². The smallest absolute Gasteiger partial charge is 0.303 e. The maximum absolute atomic E-state index is 11.0. The number of aliphatic carboxylic acids is 1. The molecule has 23 heavy (non-hydrogen) atoms. The van der Waals surface area contributed by atoms with Crippen LogP contribution in [-0.2, 0) is 4.79 Å². The summed E-state index contributed by atoms with van der Waals surface area (Å²) in [5, 5.41) is 19.5. The third-order valence-corrected chi connectivity index (χ3v) is 3.68. The number of hydrogen-bond donors (Lipinski definition) is 1. The Bertz CT molecular complexity index is 388. The van der Waals surface area contributed by atoms with E-state index in [0.717, 1.165) is 44.9 Å². The minimum absolute atomic E-state index is 0.232. The topological polar surface area (TPSA) is 80.4 Å². The minimum Gasteiger partial charge on any atom is -0.481 e. The minimum atomic E-state index is -0.744. The van der Waals surface area contributed by atoms with Crippen molar-refractivity contribution in [3.05, 3.63) is 34.0 Å². The van der Waals surface area contributed by atoms with Crippen molar-refractivity contribution >= 4 is 5.97 Å². The van der Waals surface area contributed by atoms with E-state index in [1.54, 1.807) is 6.08 Å². The number of carbonyl (C=O) groups is 1. The van der Waals surface area contributed by atoms with E-state index < -0.39 is 5.97 Å². The van der Waals surface area contributed by atoms with Crippen molar-refractivity contribution < 1.29 is 14.8 Å². The molecule has 0 unspecified atom stereocenters. The molecule has 0 fully saturated rings. The van der Waals surface area contributed by atoms with E-state index in [-0.39, 0.29) is 17.0 Å². The van der Waals surface area contributed by atoms with Gasteiger partial charge in [-0.3, -0.25) is 14.9 Å². The van der Waals surface area contributed by atoms with Gasteiger partial charge in [-0.25, -0.2) is 0 Å². The summed E-state index contributed by atoms with van der Waals surface area (Å²) in [7, 11) is 0. The summed E-state index contributed by atoms with van der Waals surface area (Å²) in [5.41, 5.74) is 0.280. The van der Waals surface area contributed by atoms with Gasteiger partial charge in [0.15, 0.2) is 0 Å². The molecule has 5 nitrogen and oxygen atoms in total. The maximum atomic E-state index is 11.0. The lowest BCUT2D eigenvalue weighted by Gasteiger charge is -1.99. The van der Waals surface area contributed by atoms with Crippen LogP contribution in [0.4, 0.5) is 0 Å². The number of nitrogens with zero attached hydrogens (tertiary/aromatic N) is 1. The van der Waals surface area contributed by atoms with Gasteiger partial charge in [-0.2, -0.15) is 0 Å². The molecule has 132 valence electrons. The lowest BCUT2D eigenvalue weighted by molar-refractivity contribution is -0.427. The number of rotatable bonds is 15. The van der Waals surface area contributed by atoms with Crippen LogP contribution in [0.1, 0.15) is 84.0 Å². The van der Waals surface area contributed by atoms with Gasteiger partial charge in [0.25, 0.3) is 0 Å². The van der Waals surface area contributed by atoms with Crippen molar-refractivity contribution in [3.63, 3.8) is 0 Å². The normalized spacial score (nSPS) is 12.0. The van der Waals surface area contributed by atoms with E-state index in [4.69, 9.17) is 5.11 Å². The summed E-state index contributed by atoms with van der Waals surface area (Å²) in [6.07, 6.45) is 16.1. The number of unbranched alkanes of at least 4 members (excludes halogenated alkanes) is 8. The van der Waals surface area contributed by atoms with Gasteiger partial charge in [0.1, 0.15) is 0 Å². The SMILES string of the molecule is CCCCC/C=C/C/C(=C\CCCCCCCC(=O)O)[N+](=O)[O-]. The maximum Gasteiger partial charge on any atom is 0.303 e. The average Bonchev–Trinajstić information content (AvgIpc) is 2.50. The molecule has 5 heteroatoms. The first-order valence-corrected chi connectivity index (χ1v) is 8.78. The predicted molar refractivity (Wildman–Crippen MR) is 92.9 cm³/mol. The number of nitro groups is 1. The lowest BCUT2D eigenvalue weighted by atomic mass is 10.1. The number of carboxylic acids is 1. The molecule has 0 aromatic carbocycles. The van der Waals surface area contributed by atoms with Crippen LogP contribution in [0.15, 0.2) is 23.9 Å². The summed E-state index contributed by atoms with van der Waals surface area (Å²) in [4.78, 5) is 21.1. The fraction of sp³-hybridized carbons (Fsp3) is 0.722. The zero-order valence-electron chi connectivity index (χ0n) is 14.3. The van der Waals surface area contributed by atoms with Gasteiger partial charge in [-0.05, 0) is 38.2 Å². The van der Waals surface area contributed by atoms with Crippen molar-refractivity contribution in [2.45, 2.75) is 84.0 Å². The van der Waals surface area contributed by atoms with E-state index in [1.165, 1.54) is 12.8 Å². The van der Waals surface area contributed by atoms with Crippen molar-refractivity contribution in [2.24, 2.45) is 0 Å². The van der Waals surface area contributed by atoms with Crippen LogP contribution in [-0.4, -0.2) is 16.0 Å². The molecule has 0 rings (SSSR count). The van der Waals surface area contributed by atoms with Crippen LogP contribution in [0.25, 0.3) is 0 Å². The molecule has 0 bridgehead atoms. The van der Waals surface area contributed by atoms with Crippen LogP contribution < -0.4 is 0 Å². The van der Waals surface area contributed by atoms with Gasteiger partial charge >= 0.3 is 5.97 Å². The highest BCUT2D eigenvalue weighted by Gasteiger charge is 2.07. The molecule has 0 aliphatic rings. The lowest BCUT2D eigenvalue weighted by Crippen LogP contribution is -1.97. The highest BCUT2D eigenvalue weighted by Crippen LogP contribution is 2.11. The summed E-state index contributed by atoms with van der Waals surface area (Å²) in [6.45, 7) is 2.16. The first-order valence-electron chi connectivity index (χ1n) is 8.78. The van der Waals surface area contributed by atoms with Gasteiger partial charge in [0.05, 0.1) is 11.3 Å². The summed E-state index contributed by atoms with van der Waals surface area (Å²) < 4.78 is 0.